The summed E-state index contributed by atoms with van der Waals surface area (Å²) < 4.78 is 42.1. The largest absolute Gasteiger partial charge is 0.493 e. The first-order chi connectivity index (χ1) is 24.4. The van der Waals surface area contributed by atoms with Gasteiger partial charge in [-0.1, -0.05) is 80.4 Å². The van der Waals surface area contributed by atoms with Crippen LogP contribution in [0.3, 0.4) is 0 Å². The Kier molecular flexibility index (Phi) is 11.1. The quantitative estimate of drug-likeness (QED) is 0.0915. The molecule has 4 atom stereocenters. The zero-order valence-corrected chi connectivity index (χ0v) is 29.0. The second kappa shape index (κ2) is 16.0. The lowest BCUT2D eigenvalue weighted by molar-refractivity contribution is -0.154. The Balaban J connectivity index is 1.51. The van der Waals surface area contributed by atoms with Crippen LogP contribution >= 0.6 is 0 Å². The predicted octanol–water partition coefficient (Wildman–Crippen LogP) is 7.97. The molecule has 0 unspecified atom stereocenters. The molecule has 9 nitrogen and oxygen atoms in total. The maximum Gasteiger partial charge on any atom is 0.310 e. The normalized spacial score (nSPS) is 19.1. The molecule has 0 amide bonds. The third-order valence-corrected chi connectivity index (χ3v) is 9.45. The number of hydrogen-bond donors (Lipinski definition) is 0. The molecule has 262 valence electrons. The highest BCUT2D eigenvalue weighted by molar-refractivity contribution is 5.79. The molecular formula is C41H44O9. The number of esters is 2. The zero-order valence-electron chi connectivity index (χ0n) is 29.0. The second-order valence-corrected chi connectivity index (χ2v) is 12.6. The van der Waals surface area contributed by atoms with Gasteiger partial charge >= 0.3 is 11.9 Å². The summed E-state index contributed by atoms with van der Waals surface area (Å²) in [5, 5.41) is 0. The zero-order chi connectivity index (χ0) is 35.0. The Morgan fingerprint density at radius 2 is 1.32 bits per heavy atom. The van der Waals surface area contributed by atoms with Crippen LogP contribution in [0.2, 0.25) is 0 Å². The molecular weight excluding hydrogens is 636 g/mol. The van der Waals surface area contributed by atoms with Gasteiger partial charge in [0.1, 0.15) is 19.3 Å². The van der Waals surface area contributed by atoms with Gasteiger partial charge < -0.3 is 33.2 Å². The van der Waals surface area contributed by atoms with Crippen molar-refractivity contribution in [3.8, 4) is 28.7 Å². The fraction of sp³-hybridized carbons (Fsp3) is 0.366. The molecule has 9 heteroatoms. The number of methoxy groups -OCH3 is 3. The van der Waals surface area contributed by atoms with Gasteiger partial charge in [-0.2, -0.15) is 0 Å². The summed E-state index contributed by atoms with van der Waals surface area (Å²) >= 11 is 0. The first-order valence-electron chi connectivity index (χ1n) is 17.1. The van der Waals surface area contributed by atoms with Crippen LogP contribution in [0.25, 0.3) is 0 Å². The van der Waals surface area contributed by atoms with Crippen LogP contribution in [0.4, 0.5) is 0 Å². The molecule has 1 fully saturated rings. The number of cyclic esters (lactones) is 1. The molecule has 4 aromatic rings. The number of rotatable bonds is 15. The highest BCUT2D eigenvalue weighted by Crippen LogP contribution is 2.56. The molecule has 4 aromatic carbocycles. The van der Waals surface area contributed by atoms with Crippen LogP contribution in [0, 0.1) is 11.8 Å². The number of carbonyl (C=O) groups excluding carboxylic acids is 2. The number of carbonyl (C=O) groups is 2. The van der Waals surface area contributed by atoms with Gasteiger partial charge in [-0.3, -0.25) is 9.59 Å². The Morgan fingerprint density at radius 1 is 0.740 bits per heavy atom. The highest BCUT2D eigenvalue weighted by atomic mass is 16.6. The average Bonchev–Trinajstić information content (AvgIpc) is 3.53. The van der Waals surface area contributed by atoms with E-state index in [9.17, 15) is 9.59 Å². The maximum atomic E-state index is 13.7. The maximum absolute atomic E-state index is 13.7. The molecule has 1 heterocycles. The Bertz CT molecular complexity index is 1750. The Labute approximate surface area is 293 Å². The minimum Gasteiger partial charge on any atom is -0.493 e. The summed E-state index contributed by atoms with van der Waals surface area (Å²) in [6.45, 7) is 2.79. The van der Waals surface area contributed by atoms with Crippen LogP contribution in [0.1, 0.15) is 72.4 Å². The monoisotopic (exact) mass is 680 g/mol. The minimum absolute atomic E-state index is 0.114. The molecule has 0 aromatic heterocycles. The van der Waals surface area contributed by atoms with Crippen LogP contribution in [0.5, 0.6) is 28.7 Å². The predicted molar refractivity (Wildman–Crippen MR) is 187 cm³/mol. The van der Waals surface area contributed by atoms with E-state index in [-0.39, 0.29) is 25.0 Å². The van der Waals surface area contributed by atoms with Crippen molar-refractivity contribution < 1.29 is 42.7 Å². The standard InChI is InChI=1S/C41H44O9/c1-5-6-9-18-36(42)50-39-30-22-33(48-24-27-16-12-8-13-17-27)32(47-23-26-14-10-7-11-15-26)21-29(30)37(38-31(39)25-49-41(38)43)28-19-34(44-2)40(46-4)35(20-28)45-3/h7-8,10-17,19-22,31,37-39H,5-6,9,18,23-25H2,1-4H3/t31-,37+,38-,39-/m0/s1. The molecule has 1 aliphatic heterocycles. The van der Waals surface area contributed by atoms with E-state index in [1.165, 1.54) is 0 Å². The number of fused-ring (bicyclic) bond motifs is 2. The van der Waals surface area contributed by atoms with Crippen LogP contribution < -0.4 is 23.7 Å². The van der Waals surface area contributed by atoms with Gasteiger partial charge in [0.05, 0.1) is 33.9 Å². The molecule has 50 heavy (non-hydrogen) atoms. The van der Waals surface area contributed by atoms with Gasteiger partial charge in [0.2, 0.25) is 5.75 Å². The van der Waals surface area contributed by atoms with Crippen molar-refractivity contribution in [3.63, 3.8) is 0 Å². The lowest BCUT2D eigenvalue weighted by Gasteiger charge is -2.39. The molecule has 0 N–H and O–H groups in total. The third-order valence-electron chi connectivity index (χ3n) is 9.45. The van der Waals surface area contributed by atoms with E-state index in [1.54, 1.807) is 21.3 Å². The van der Waals surface area contributed by atoms with Crippen molar-refractivity contribution in [1.29, 1.82) is 0 Å². The molecule has 6 rings (SSSR count). The van der Waals surface area contributed by atoms with Crippen LogP contribution in [0.15, 0.2) is 84.9 Å². The fourth-order valence-corrected chi connectivity index (χ4v) is 6.98. The lowest BCUT2D eigenvalue weighted by Crippen LogP contribution is -2.36. The van der Waals surface area contributed by atoms with Gasteiger partial charge in [-0.05, 0) is 52.9 Å². The topological polar surface area (TPSA) is 98.8 Å². The van der Waals surface area contributed by atoms with Crippen LogP contribution in [-0.2, 0) is 32.3 Å². The number of hydrogen-bond acceptors (Lipinski definition) is 9. The molecule has 1 aliphatic carbocycles. The van der Waals surface area contributed by atoms with E-state index in [2.05, 4.69) is 6.92 Å². The van der Waals surface area contributed by atoms with E-state index in [0.29, 0.717) is 42.0 Å². The van der Waals surface area contributed by atoms with Gasteiger partial charge in [-0.15, -0.1) is 0 Å². The first-order valence-corrected chi connectivity index (χ1v) is 17.1. The van der Waals surface area contributed by atoms with Crippen molar-refractivity contribution in [1.82, 2.24) is 0 Å². The van der Waals surface area contributed by atoms with Gasteiger partial charge in [-0.25, -0.2) is 0 Å². The third kappa shape index (κ3) is 7.37. The smallest absolute Gasteiger partial charge is 0.310 e. The number of unbranched alkanes of at least 4 members (excludes halogenated alkanes) is 2. The van der Waals surface area contributed by atoms with E-state index in [1.807, 2.05) is 84.9 Å². The molecule has 2 aliphatic rings. The number of ether oxygens (including phenoxy) is 7. The minimum atomic E-state index is -0.740. The summed E-state index contributed by atoms with van der Waals surface area (Å²) in [6, 6.07) is 27.3. The summed E-state index contributed by atoms with van der Waals surface area (Å²) in [4.78, 5) is 27.0. The molecule has 0 radical (unpaired) electrons. The van der Waals surface area contributed by atoms with E-state index < -0.39 is 23.9 Å². The van der Waals surface area contributed by atoms with Gasteiger partial charge in [0.15, 0.2) is 23.0 Å². The lowest BCUT2D eigenvalue weighted by atomic mass is 9.66. The molecule has 0 bridgehead atoms. The van der Waals surface area contributed by atoms with E-state index in [4.69, 9.17) is 33.2 Å². The Hall–Kier alpha value is -5.18. The van der Waals surface area contributed by atoms with Gasteiger partial charge in [0, 0.05) is 23.8 Å². The first kappa shape index (κ1) is 34.7. The van der Waals surface area contributed by atoms with Crippen molar-refractivity contribution >= 4 is 11.9 Å². The SMILES string of the molecule is CCCCCC(=O)O[C@H]1c2cc(OCc3ccccc3)c(OCc3ccccc3)cc2[C@@H](c2cc(OC)c(OC)c(OC)c2)[C@H]2C(=O)OC[C@@H]21. The van der Waals surface area contributed by atoms with Crippen molar-refractivity contribution in [2.45, 2.75) is 57.8 Å². The summed E-state index contributed by atoms with van der Waals surface area (Å²) in [5.74, 6) is 0.0772. The van der Waals surface area contributed by atoms with Crippen LogP contribution in [-0.4, -0.2) is 39.9 Å². The summed E-state index contributed by atoms with van der Waals surface area (Å²) in [5.41, 5.74) is 4.24. The van der Waals surface area contributed by atoms with Crippen molar-refractivity contribution in [2.75, 3.05) is 27.9 Å². The van der Waals surface area contributed by atoms with E-state index in [0.717, 1.165) is 47.1 Å². The number of benzene rings is 4. The highest BCUT2D eigenvalue weighted by Gasteiger charge is 2.54. The van der Waals surface area contributed by atoms with Gasteiger partial charge in [0.25, 0.3) is 0 Å². The Morgan fingerprint density at radius 3 is 1.86 bits per heavy atom. The van der Waals surface area contributed by atoms with E-state index >= 15 is 0 Å². The second-order valence-electron chi connectivity index (χ2n) is 12.6. The molecule has 0 spiro atoms. The fourth-order valence-electron chi connectivity index (χ4n) is 6.98. The van der Waals surface area contributed by atoms with Crippen molar-refractivity contribution in [3.05, 3.63) is 113 Å². The summed E-state index contributed by atoms with van der Waals surface area (Å²) in [6.07, 6.45) is 2.18. The average molecular weight is 681 g/mol. The molecule has 0 saturated carbocycles. The molecule has 1 saturated heterocycles. The summed E-state index contributed by atoms with van der Waals surface area (Å²) in [7, 11) is 4.66. The van der Waals surface area contributed by atoms with Crippen molar-refractivity contribution in [2.24, 2.45) is 11.8 Å².